The highest BCUT2D eigenvalue weighted by Crippen LogP contribution is 2.33. The molecule has 0 bridgehead atoms. The van der Waals surface area contributed by atoms with Crippen LogP contribution in [0.3, 0.4) is 0 Å². The predicted octanol–water partition coefficient (Wildman–Crippen LogP) is 4.23. The van der Waals surface area contributed by atoms with Gasteiger partial charge in [0.2, 0.25) is 0 Å². The maximum atomic E-state index is 13.4. The van der Waals surface area contributed by atoms with Gasteiger partial charge in [-0.2, -0.15) is 0 Å². The SMILES string of the molecule is Br.CCOc1cc2c(cc1C(=O)NC)C(=N)N(CC(=O)c1cc(C(C)(C)C)c3ncn(C)c3c1)C2. The number of Topliss-reactive ketones (excluding diaryl/α,β-unsaturated/α-hetero) is 1. The molecule has 8 nitrogen and oxygen atoms in total. The van der Waals surface area contributed by atoms with Gasteiger partial charge >= 0.3 is 0 Å². The Labute approximate surface area is 215 Å². The normalized spacial score (nSPS) is 13.0. The number of benzene rings is 2. The van der Waals surface area contributed by atoms with Gasteiger partial charge in [-0.25, -0.2) is 4.98 Å². The van der Waals surface area contributed by atoms with Gasteiger partial charge in [-0.15, -0.1) is 17.0 Å². The number of nitrogens with one attached hydrogen (secondary N) is 2. The summed E-state index contributed by atoms with van der Waals surface area (Å²) in [6, 6.07) is 7.30. The van der Waals surface area contributed by atoms with Crippen molar-refractivity contribution in [2.75, 3.05) is 20.2 Å². The minimum atomic E-state index is -0.271. The number of aromatic nitrogens is 2. The number of carbonyl (C=O) groups excluding carboxylic acids is 2. The summed E-state index contributed by atoms with van der Waals surface area (Å²) < 4.78 is 7.59. The monoisotopic (exact) mass is 541 g/mol. The number of halogens is 1. The summed E-state index contributed by atoms with van der Waals surface area (Å²) in [4.78, 5) is 32.0. The average Bonchev–Trinajstić information content (AvgIpc) is 3.31. The molecule has 1 amide bonds. The molecule has 1 aromatic heterocycles. The Hall–Kier alpha value is -3.20. The molecule has 1 aliphatic rings. The molecule has 186 valence electrons. The zero-order valence-electron chi connectivity index (χ0n) is 21.0. The molecule has 2 aromatic carbocycles. The second kappa shape index (κ2) is 9.81. The number of amidine groups is 1. The molecule has 4 rings (SSSR count). The molecule has 0 saturated heterocycles. The highest BCUT2D eigenvalue weighted by Gasteiger charge is 2.30. The third-order valence-corrected chi connectivity index (χ3v) is 6.20. The number of hydrogen-bond acceptors (Lipinski definition) is 5. The lowest BCUT2D eigenvalue weighted by Gasteiger charge is -2.22. The average molecular weight is 542 g/mol. The van der Waals surface area contributed by atoms with Gasteiger partial charge in [0, 0.05) is 31.8 Å². The molecule has 0 fully saturated rings. The standard InChI is InChI=1S/C26H31N5O3.BrH/c1-7-34-22-10-16-12-31(24(27)17(16)11-18(22)25(33)28-5)13-21(32)15-8-19(26(2,3)4)23-20(9-15)30(6)14-29-23;/h8-11,14,27H,7,12-13H2,1-6H3,(H,28,33);1H. The lowest BCUT2D eigenvalue weighted by molar-refractivity contribution is 0.0953. The molecule has 0 spiro atoms. The van der Waals surface area contributed by atoms with Gasteiger partial charge in [0.05, 0.1) is 36.1 Å². The molecule has 0 atom stereocenters. The van der Waals surface area contributed by atoms with Gasteiger partial charge in [0.1, 0.15) is 11.6 Å². The highest BCUT2D eigenvalue weighted by atomic mass is 79.9. The Morgan fingerprint density at radius 2 is 1.91 bits per heavy atom. The lowest BCUT2D eigenvalue weighted by atomic mass is 9.84. The second-order valence-electron chi connectivity index (χ2n) is 9.64. The highest BCUT2D eigenvalue weighted by molar-refractivity contribution is 8.93. The Bertz CT molecular complexity index is 1320. The fourth-order valence-corrected chi connectivity index (χ4v) is 4.38. The number of fused-ring (bicyclic) bond motifs is 2. The summed E-state index contributed by atoms with van der Waals surface area (Å²) in [6.07, 6.45) is 1.76. The van der Waals surface area contributed by atoms with Crippen molar-refractivity contribution >= 4 is 45.5 Å². The van der Waals surface area contributed by atoms with E-state index in [1.165, 1.54) is 0 Å². The van der Waals surface area contributed by atoms with Crippen molar-refractivity contribution in [1.82, 2.24) is 19.8 Å². The summed E-state index contributed by atoms with van der Waals surface area (Å²) in [6.45, 7) is 9.09. The molecule has 0 aliphatic carbocycles. The Kier molecular flexibility index (Phi) is 7.40. The molecule has 2 N–H and O–H groups in total. The largest absolute Gasteiger partial charge is 0.493 e. The van der Waals surface area contributed by atoms with E-state index in [4.69, 9.17) is 10.1 Å². The first-order valence-electron chi connectivity index (χ1n) is 11.4. The molecule has 2 heterocycles. The van der Waals surface area contributed by atoms with Crippen LogP contribution in [0.25, 0.3) is 11.0 Å². The third kappa shape index (κ3) is 4.82. The number of amides is 1. The Morgan fingerprint density at radius 3 is 2.54 bits per heavy atom. The first-order valence-corrected chi connectivity index (χ1v) is 11.4. The molecule has 0 saturated carbocycles. The van der Waals surface area contributed by atoms with Gasteiger partial charge in [0.15, 0.2) is 5.78 Å². The van der Waals surface area contributed by atoms with Crippen molar-refractivity contribution in [2.24, 2.45) is 7.05 Å². The van der Waals surface area contributed by atoms with Gasteiger partial charge < -0.3 is 19.5 Å². The summed E-state index contributed by atoms with van der Waals surface area (Å²) >= 11 is 0. The minimum absolute atomic E-state index is 0. The molecular formula is C26H32BrN5O3. The molecule has 0 unspecified atom stereocenters. The minimum Gasteiger partial charge on any atom is -0.493 e. The quantitative estimate of drug-likeness (QED) is 0.455. The summed E-state index contributed by atoms with van der Waals surface area (Å²) in [7, 11) is 3.48. The number of hydrogen-bond donors (Lipinski definition) is 2. The van der Waals surface area contributed by atoms with E-state index < -0.39 is 0 Å². The predicted molar refractivity (Wildman–Crippen MR) is 142 cm³/mol. The van der Waals surface area contributed by atoms with E-state index in [0.717, 1.165) is 22.2 Å². The summed E-state index contributed by atoms with van der Waals surface area (Å²) in [5.74, 6) is 0.378. The van der Waals surface area contributed by atoms with Crippen molar-refractivity contribution in [3.63, 3.8) is 0 Å². The molecule has 3 aromatic rings. The van der Waals surface area contributed by atoms with E-state index in [2.05, 4.69) is 31.1 Å². The molecule has 0 radical (unpaired) electrons. The summed E-state index contributed by atoms with van der Waals surface area (Å²) in [5, 5.41) is 11.3. The van der Waals surface area contributed by atoms with E-state index in [9.17, 15) is 9.59 Å². The van der Waals surface area contributed by atoms with Crippen molar-refractivity contribution < 1.29 is 14.3 Å². The van der Waals surface area contributed by atoms with Gasteiger partial charge in [-0.1, -0.05) is 20.8 Å². The first kappa shape index (κ1) is 26.4. The van der Waals surface area contributed by atoms with E-state index in [0.29, 0.717) is 35.6 Å². The number of carbonyl (C=O) groups is 2. The fraction of sp³-hybridized carbons (Fsp3) is 0.385. The van der Waals surface area contributed by atoms with Crippen molar-refractivity contribution in [3.8, 4) is 5.75 Å². The van der Waals surface area contributed by atoms with Gasteiger partial charge in [-0.05, 0) is 47.7 Å². The zero-order valence-corrected chi connectivity index (χ0v) is 22.7. The molecule has 35 heavy (non-hydrogen) atoms. The van der Waals surface area contributed by atoms with Crippen LogP contribution in [-0.2, 0) is 19.0 Å². The Morgan fingerprint density at radius 1 is 1.20 bits per heavy atom. The number of ketones is 1. The van der Waals surface area contributed by atoms with Crippen molar-refractivity contribution in [2.45, 2.75) is 39.7 Å². The van der Waals surface area contributed by atoms with Crippen LogP contribution < -0.4 is 10.1 Å². The Balaban J connectivity index is 0.00000342. The van der Waals surface area contributed by atoms with Crippen LogP contribution in [0.4, 0.5) is 0 Å². The third-order valence-electron chi connectivity index (χ3n) is 6.20. The van der Waals surface area contributed by atoms with Crippen LogP contribution in [0.5, 0.6) is 5.75 Å². The van der Waals surface area contributed by atoms with Gasteiger partial charge in [-0.3, -0.25) is 15.0 Å². The van der Waals surface area contributed by atoms with Crippen LogP contribution in [0.1, 0.15) is 65.1 Å². The smallest absolute Gasteiger partial charge is 0.254 e. The fourth-order valence-electron chi connectivity index (χ4n) is 4.38. The van der Waals surface area contributed by atoms with Crippen LogP contribution in [-0.4, -0.2) is 52.2 Å². The lowest BCUT2D eigenvalue weighted by Crippen LogP contribution is -2.30. The first-order chi connectivity index (χ1) is 16.0. The van der Waals surface area contributed by atoms with E-state index in [-0.39, 0.29) is 46.5 Å². The van der Waals surface area contributed by atoms with E-state index in [1.54, 1.807) is 24.3 Å². The van der Waals surface area contributed by atoms with Crippen molar-refractivity contribution in [3.05, 3.63) is 58.4 Å². The number of imidazole rings is 1. The number of nitrogens with zero attached hydrogens (tertiary/aromatic N) is 3. The van der Waals surface area contributed by atoms with Crippen LogP contribution in [0.15, 0.2) is 30.6 Å². The van der Waals surface area contributed by atoms with Gasteiger partial charge in [0.25, 0.3) is 5.91 Å². The number of rotatable bonds is 6. The van der Waals surface area contributed by atoms with Crippen LogP contribution in [0, 0.1) is 5.41 Å². The van der Waals surface area contributed by atoms with Crippen LogP contribution >= 0.6 is 17.0 Å². The maximum absolute atomic E-state index is 13.4. The maximum Gasteiger partial charge on any atom is 0.254 e. The second-order valence-corrected chi connectivity index (χ2v) is 9.64. The number of aryl methyl sites for hydroxylation is 1. The van der Waals surface area contributed by atoms with E-state index in [1.807, 2.05) is 36.7 Å². The van der Waals surface area contributed by atoms with Crippen molar-refractivity contribution in [1.29, 1.82) is 5.41 Å². The number of ether oxygens (including phenoxy) is 1. The van der Waals surface area contributed by atoms with Crippen LogP contribution in [0.2, 0.25) is 0 Å². The molecule has 1 aliphatic heterocycles. The molecular weight excluding hydrogens is 510 g/mol. The van der Waals surface area contributed by atoms with E-state index >= 15 is 0 Å². The topological polar surface area (TPSA) is 100 Å². The zero-order chi connectivity index (χ0) is 24.8. The summed E-state index contributed by atoms with van der Waals surface area (Å²) in [5.41, 5.74) is 5.16. The molecule has 9 heteroatoms.